The summed E-state index contributed by atoms with van der Waals surface area (Å²) in [4.78, 5) is 16.6. The summed E-state index contributed by atoms with van der Waals surface area (Å²) in [6.07, 6.45) is 0.642. The van der Waals surface area contributed by atoms with E-state index in [0.29, 0.717) is 17.3 Å². The van der Waals surface area contributed by atoms with Crippen molar-refractivity contribution >= 4 is 23.4 Å². The van der Waals surface area contributed by atoms with Crippen molar-refractivity contribution in [3.8, 4) is 0 Å². The first-order chi connectivity index (χ1) is 10.5. The van der Waals surface area contributed by atoms with E-state index >= 15 is 0 Å². The number of carbonyl (C=O) groups is 1. The molecule has 0 saturated carbocycles. The van der Waals surface area contributed by atoms with Gasteiger partial charge < -0.3 is 5.32 Å². The number of aromatic nitrogens is 3. The average Bonchev–Trinajstić information content (AvgIpc) is 2.96. The van der Waals surface area contributed by atoms with Gasteiger partial charge in [-0.1, -0.05) is 32.5 Å². The van der Waals surface area contributed by atoms with E-state index in [9.17, 15) is 9.18 Å². The smallest absolute Gasteiger partial charge is 0.237 e. The molecule has 22 heavy (non-hydrogen) atoms. The van der Waals surface area contributed by atoms with E-state index in [1.807, 2.05) is 20.8 Å². The molecule has 0 unspecified atom stereocenters. The van der Waals surface area contributed by atoms with Gasteiger partial charge in [-0.2, -0.15) is 0 Å². The van der Waals surface area contributed by atoms with Crippen LogP contribution in [0.1, 0.15) is 38.9 Å². The number of H-pyrrole nitrogens is 1. The van der Waals surface area contributed by atoms with Gasteiger partial charge in [0.2, 0.25) is 11.1 Å². The summed E-state index contributed by atoms with van der Waals surface area (Å²) < 4.78 is 12.9. The zero-order valence-corrected chi connectivity index (χ0v) is 13.6. The number of carbonyl (C=O) groups excluding carboxylic acids is 1. The summed E-state index contributed by atoms with van der Waals surface area (Å²) in [5, 5.41) is 10.0. The number of benzene rings is 1. The highest BCUT2D eigenvalue weighted by atomic mass is 32.2. The number of nitrogens with one attached hydrogen (secondary N) is 2. The fourth-order valence-corrected chi connectivity index (χ4v) is 2.61. The predicted octanol–water partition coefficient (Wildman–Crippen LogP) is 3.58. The second kappa shape index (κ2) is 7.40. The highest BCUT2D eigenvalue weighted by molar-refractivity contribution is 8.00. The molecule has 0 radical (unpaired) electrons. The normalized spacial score (nSPS) is 12.4. The Labute approximate surface area is 133 Å². The van der Waals surface area contributed by atoms with Crippen LogP contribution in [0.25, 0.3) is 0 Å². The number of nitrogens with zero attached hydrogens (tertiary/aromatic N) is 2. The zero-order valence-electron chi connectivity index (χ0n) is 12.8. The molecule has 0 saturated heterocycles. The second-order valence-corrected chi connectivity index (χ2v) is 6.34. The summed E-state index contributed by atoms with van der Waals surface area (Å²) in [5.41, 5.74) is 0.573. The average molecular weight is 322 g/mol. The SMILES string of the molecule is CC[C@@H](Sc1n[nH]c(C(C)C)n1)C(=O)Nc1ccc(F)cc1. The first-order valence-electron chi connectivity index (χ1n) is 7.15. The molecule has 7 heteroatoms. The van der Waals surface area contributed by atoms with Gasteiger partial charge in [0, 0.05) is 11.6 Å². The minimum Gasteiger partial charge on any atom is -0.325 e. The Morgan fingerprint density at radius 2 is 2.05 bits per heavy atom. The molecule has 2 aromatic rings. The molecule has 1 amide bonds. The number of amides is 1. The topological polar surface area (TPSA) is 70.7 Å². The maximum absolute atomic E-state index is 12.9. The molecule has 0 aliphatic carbocycles. The zero-order chi connectivity index (χ0) is 16.1. The molecule has 0 fully saturated rings. The van der Waals surface area contributed by atoms with Gasteiger partial charge in [-0.25, -0.2) is 9.37 Å². The van der Waals surface area contributed by atoms with Crippen LogP contribution in [0, 0.1) is 5.82 Å². The monoisotopic (exact) mass is 322 g/mol. The Bertz CT molecular complexity index is 627. The largest absolute Gasteiger partial charge is 0.325 e. The molecule has 118 valence electrons. The lowest BCUT2D eigenvalue weighted by molar-refractivity contribution is -0.115. The molecule has 1 heterocycles. The summed E-state index contributed by atoms with van der Waals surface area (Å²) in [6, 6.07) is 5.70. The molecule has 0 spiro atoms. The van der Waals surface area contributed by atoms with Crippen LogP contribution in [0.3, 0.4) is 0 Å². The minimum atomic E-state index is -0.332. The lowest BCUT2D eigenvalue weighted by Crippen LogP contribution is -2.24. The first-order valence-corrected chi connectivity index (χ1v) is 8.03. The number of hydrogen-bond donors (Lipinski definition) is 2. The van der Waals surface area contributed by atoms with E-state index in [-0.39, 0.29) is 22.9 Å². The number of thioether (sulfide) groups is 1. The molecule has 2 N–H and O–H groups in total. The highest BCUT2D eigenvalue weighted by Crippen LogP contribution is 2.24. The number of anilines is 1. The number of hydrogen-bond acceptors (Lipinski definition) is 4. The van der Waals surface area contributed by atoms with Gasteiger partial charge in [0.1, 0.15) is 11.6 Å². The van der Waals surface area contributed by atoms with Gasteiger partial charge in [0.05, 0.1) is 5.25 Å². The third kappa shape index (κ3) is 4.30. The fourth-order valence-electron chi connectivity index (χ4n) is 1.77. The molecule has 1 aromatic carbocycles. The van der Waals surface area contributed by atoms with E-state index < -0.39 is 0 Å². The maximum atomic E-state index is 12.9. The third-order valence-electron chi connectivity index (χ3n) is 3.05. The van der Waals surface area contributed by atoms with Crippen LogP contribution >= 0.6 is 11.8 Å². The van der Waals surface area contributed by atoms with Gasteiger partial charge in [0.25, 0.3) is 0 Å². The van der Waals surface area contributed by atoms with Crippen molar-refractivity contribution in [1.82, 2.24) is 15.2 Å². The Morgan fingerprint density at radius 1 is 1.36 bits per heavy atom. The van der Waals surface area contributed by atoms with Crippen molar-refractivity contribution in [2.75, 3.05) is 5.32 Å². The summed E-state index contributed by atoms with van der Waals surface area (Å²) in [7, 11) is 0. The van der Waals surface area contributed by atoms with Crippen LogP contribution in [-0.4, -0.2) is 26.3 Å². The van der Waals surface area contributed by atoms with Crippen LogP contribution in [0.2, 0.25) is 0 Å². The van der Waals surface area contributed by atoms with Crippen LogP contribution in [0.5, 0.6) is 0 Å². The lowest BCUT2D eigenvalue weighted by Gasteiger charge is -2.12. The molecule has 5 nitrogen and oxygen atoms in total. The first kappa shape index (κ1) is 16.5. The second-order valence-electron chi connectivity index (χ2n) is 5.17. The minimum absolute atomic E-state index is 0.144. The van der Waals surface area contributed by atoms with E-state index in [0.717, 1.165) is 5.82 Å². The van der Waals surface area contributed by atoms with Crippen molar-refractivity contribution in [3.63, 3.8) is 0 Å². The van der Waals surface area contributed by atoms with Crippen molar-refractivity contribution in [3.05, 3.63) is 35.9 Å². The molecule has 0 aliphatic rings. The van der Waals surface area contributed by atoms with Gasteiger partial charge in [-0.05, 0) is 30.7 Å². The highest BCUT2D eigenvalue weighted by Gasteiger charge is 2.20. The van der Waals surface area contributed by atoms with Gasteiger partial charge in [-0.15, -0.1) is 5.10 Å². The van der Waals surface area contributed by atoms with E-state index in [4.69, 9.17) is 0 Å². The van der Waals surface area contributed by atoms with Crippen LogP contribution in [-0.2, 0) is 4.79 Å². The molecular weight excluding hydrogens is 303 g/mol. The molecule has 2 rings (SSSR count). The Kier molecular flexibility index (Phi) is 5.54. The van der Waals surface area contributed by atoms with Gasteiger partial charge >= 0.3 is 0 Å². The third-order valence-corrected chi connectivity index (χ3v) is 4.28. The van der Waals surface area contributed by atoms with Crippen molar-refractivity contribution in [2.45, 2.75) is 43.5 Å². The van der Waals surface area contributed by atoms with E-state index in [2.05, 4.69) is 20.5 Å². The predicted molar refractivity (Wildman–Crippen MR) is 85.4 cm³/mol. The number of rotatable bonds is 6. The van der Waals surface area contributed by atoms with Crippen LogP contribution < -0.4 is 5.32 Å². The number of halogens is 1. The van der Waals surface area contributed by atoms with E-state index in [1.54, 1.807) is 0 Å². The molecule has 0 aliphatic heterocycles. The summed E-state index contributed by atoms with van der Waals surface area (Å²) in [6.45, 7) is 5.97. The van der Waals surface area contributed by atoms with E-state index in [1.165, 1.54) is 36.0 Å². The quantitative estimate of drug-likeness (QED) is 0.798. The summed E-state index contributed by atoms with van der Waals surface area (Å²) in [5.74, 6) is 0.586. The molecule has 1 atom stereocenters. The van der Waals surface area contributed by atoms with Gasteiger partial charge in [-0.3, -0.25) is 9.89 Å². The number of aromatic amines is 1. The van der Waals surface area contributed by atoms with Crippen LogP contribution in [0.15, 0.2) is 29.4 Å². The van der Waals surface area contributed by atoms with Crippen molar-refractivity contribution in [1.29, 1.82) is 0 Å². The maximum Gasteiger partial charge on any atom is 0.237 e. The molecular formula is C15H19FN4OS. The Hall–Kier alpha value is -1.89. The molecule has 1 aromatic heterocycles. The van der Waals surface area contributed by atoms with Crippen LogP contribution in [0.4, 0.5) is 10.1 Å². The van der Waals surface area contributed by atoms with Crippen molar-refractivity contribution < 1.29 is 9.18 Å². The van der Waals surface area contributed by atoms with Crippen molar-refractivity contribution in [2.24, 2.45) is 0 Å². The Morgan fingerprint density at radius 3 is 2.59 bits per heavy atom. The Balaban J connectivity index is 2.00. The van der Waals surface area contributed by atoms with Gasteiger partial charge in [0.15, 0.2) is 0 Å². The molecule has 0 bridgehead atoms. The fraction of sp³-hybridized carbons (Fsp3) is 0.400. The lowest BCUT2D eigenvalue weighted by atomic mass is 10.2. The summed E-state index contributed by atoms with van der Waals surface area (Å²) >= 11 is 1.32. The standard InChI is InChI=1S/C15H19FN4OS/c1-4-12(22-15-18-13(9(2)3)19-20-15)14(21)17-11-7-5-10(16)6-8-11/h5-9,12H,4H2,1-3H3,(H,17,21)(H,18,19,20)/t12-/m1/s1.